The summed E-state index contributed by atoms with van der Waals surface area (Å²) >= 11 is 0. The molecule has 0 radical (unpaired) electrons. The number of hydrogen-bond donors (Lipinski definition) is 1. The van der Waals surface area contributed by atoms with Crippen molar-refractivity contribution >= 4 is 0 Å². The third-order valence-electron chi connectivity index (χ3n) is 1.21. The van der Waals surface area contributed by atoms with Gasteiger partial charge in [-0.05, 0) is 7.05 Å². The second-order valence-electron chi connectivity index (χ2n) is 3.13. The lowest BCUT2D eigenvalue weighted by Crippen LogP contribution is -2.10. The van der Waals surface area contributed by atoms with Gasteiger partial charge in [0.15, 0.2) is 0 Å². The van der Waals surface area contributed by atoms with Crippen molar-refractivity contribution in [1.82, 2.24) is 5.16 Å². The summed E-state index contributed by atoms with van der Waals surface area (Å²) in [4.78, 5) is 0. The van der Waals surface area contributed by atoms with Crippen molar-refractivity contribution in [2.24, 2.45) is 5.73 Å². The van der Waals surface area contributed by atoms with E-state index in [2.05, 4.69) is 31.7 Å². The molecule has 1 heterocycles. The summed E-state index contributed by atoms with van der Waals surface area (Å²) in [5, 5.41) is 3.81. The molecule has 0 unspecified atom stereocenters. The maximum atomic E-state index is 4.69. The van der Waals surface area contributed by atoms with Gasteiger partial charge in [0.2, 0.25) is 0 Å². The van der Waals surface area contributed by atoms with Gasteiger partial charge in [0.25, 0.3) is 0 Å². The average molecular weight is 156 g/mol. The van der Waals surface area contributed by atoms with E-state index >= 15 is 0 Å². The van der Waals surface area contributed by atoms with Crippen LogP contribution in [0.5, 0.6) is 0 Å². The van der Waals surface area contributed by atoms with Gasteiger partial charge >= 0.3 is 0 Å². The van der Waals surface area contributed by atoms with Crippen LogP contribution in [0.1, 0.15) is 26.5 Å². The molecular weight excluding hydrogens is 140 g/mol. The van der Waals surface area contributed by atoms with Crippen LogP contribution < -0.4 is 5.73 Å². The molecular formula is C8H16N2O. The molecule has 2 N–H and O–H groups in total. The van der Waals surface area contributed by atoms with E-state index in [1.54, 1.807) is 6.26 Å². The summed E-state index contributed by atoms with van der Waals surface area (Å²) in [6.45, 7) is 6.31. The van der Waals surface area contributed by atoms with Crippen molar-refractivity contribution in [3.63, 3.8) is 0 Å². The maximum absolute atomic E-state index is 4.69. The zero-order valence-corrected chi connectivity index (χ0v) is 7.59. The molecule has 1 aromatic rings. The van der Waals surface area contributed by atoms with Gasteiger partial charge in [0, 0.05) is 11.5 Å². The van der Waals surface area contributed by atoms with Crippen LogP contribution in [0.4, 0.5) is 0 Å². The number of aromatic nitrogens is 1. The fourth-order valence-corrected chi connectivity index (χ4v) is 0.599. The molecule has 0 saturated carbocycles. The van der Waals surface area contributed by atoms with Gasteiger partial charge in [-0.25, -0.2) is 0 Å². The summed E-state index contributed by atoms with van der Waals surface area (Å²) in [6, 6.07) is 1.89. The lowest BCUT2D eigenvalue weighted by molar-refractivity contribution is 0.393. The Labute approximate surface area is 67.6 Å². The predicted octanol–water partition coefficient (Wildman–Crippen LogP) is 1.55. The summed E-state index contributed by atoms with van der Waals surface area (Å²) in [6.07, 6.45) is 1.60. The van der Waals surface area contributed by atoms with Gasteiger partial charge in [-0.2, -0.15) is 0 Å². The fraction of sp³-hybridized carbons (Fsp3) is 0.625. The van der Waals surface area contributed by atoms with Crippen molar-refractivity contribution in [1.29, 1.82) is 0 Å². The van der Waals surface area contributed by atoms with Crippen LogP contribution in [-0.4, -0.2) is 12.2 Å². The quantitative estimate of drug-likeness (QED) is 0.620. The molecule has 0 aliphatic carbocycles. The summed E-state index contributed by atoms with van der Waals surface area (Å²) in [5.41, 5.74) is 5.62. The van der Waals surface area contributed by atoms with E-state index < -0.39 is 0 Å². The first kappa shape index (κ1) is 10.2. The summed E-state index contributed by atoms with van der Waals surface area (Å²) in [5.74, 6) is 0. The molecule has 64 valence electrons. The largest absolute Gasteiger partial charge is 0.364 e. The average Bonchev–Trinajstić information content (AvgIpc) is 2.40. The highest BCUT2D eigenvalue weighted by atomic mass is 16.5. The first-order chi connectivity index (χ1) is 5.11. The van der Waals surface area contributed by atoms with E-state index in [1.165, 1.54) is 7.05 Å². The molecule has 0 bridgehead atoms. The molecule has 0 amide bonds. The van der Waals surface area contributed by atoms with Crippen molar-refractivity contribution in [3.05, 3.63) is 18.0 Å². The van der Waals surface area contributed by atoms with Crippen molar-refractivity contribution < 1.29 is 4.52 Å². The van der Waals surface area contributed by atoms with Crippen molar-refractivity contribution in [2.75, 3.05) is 7.05 Å². The Morgan fingerprint density at radius 1 is 1.36 bits per heavy atom. The van der Waals surface area contributed by atoms with Crippen LogP contribution in [-0.2, 0) is 5.41 Å². The smallest absolute Gasteiger partial charge is 0.124 e. The molecule has 3 nitrogen and oxygen atoms in total. The Hall–Kier alpha value is -0.830. The summed E-state index contributed by atoms with van der Waals surface area (Å²) in [7, 11) is 1.50. The standard InChI is InChI=1S/C7H11NO.CH5N/c1-7(2,3)6-4-5-9-8-6;1-2/h4-5H,1-3H3;2H2,1H3. The first-order valence-corrected chi connectivity index (χ1v) is 3.59. The molecule has 1 aromatic heterocycles. The molecule has 0 aliphatic rings. The Morgan fingerprint density at radius 3 is 2.09 bits per heavy atom. The normalized spacial score (nSPS) is 10.3. The zero-order valence-electron chi connectivity index (χ0n) is 7.59. The Balaban J connectivity index is 0.000000461. The molecule has 0 fully saturated rings. The molecule has 0 atom stereocenters. The molecule has 0 saturated heterocycles. The number of rotatable bonds is 0. The van der Waals surface area contributed by atoms with Gasteiger partial charge in [-0.15, -0.1) is 0 Å². The highest BCUT2D eigenvalue weighted by molar-refractivity contribution is 5.07. The molecule has 11 heavy (non-hydrogen) atoms. The lowest BCUT2D eigenvalue weighted by Gasteiger charge is -2.12. The van der Waals surface area contributed by atoms with Crippen LogP contribution in [0.15, 0.2) is 16.9 Å². The van der Waals surface area contributed by atoms with Gasteiger partial charge in [0.05, 0.1) is 5.69 Å². The zero-order chi connectivity index (χ0) is 8.91. The second-order valence-corrected chi connectivity index (χ2v) is 3.13. The van der Waals surface area contributed by atoms with Crippen molar-refractivity contribution in [2.45, 2.75) is 26.2 Å². The number of hydrogen-bond acceptors (Lipinski definition) is 3. The second kappa shape index (κ2) is 4.13. The van der Waals surface area contributed by atoms with Gasteiger partial charge in [0.1, 0.15) is 6.26 Å². The van der Waals surface area contributed by atoms with Crippen LogP contribution in [0.2, 0.25) is 0 Å². The Morgan fingerprint density at radius 2 is 1.91 bits per heavy atom. The van der Waals surface area contributed by atoms with Gasteiger partial charge < -0.3 is 10.3 Å². The van der Waals surface area contributed by atoms with Crippen LogP contribution in [0.3, 0.4) is 0 Å². The monoisotopic (exact) mass is 156 g/mol. The van der Waals surface area contributed by atoms with E-state index in [9.17, 15) is 0 Å². The molecule has 0 aliphatic heterocycles. The maximum Gasteiger partial charge on any atom is 0.124 e. The van der Waals surface area contributed by atoms with E-state index in [-0.39, 0.29) is 5.41 Å². The fourth-order valence-electron chi connectivity index (χ4n) is 0.599. The third-order valence-corrected chi connectivity index (χ3v) is 1.21. The third kappa shape index (κ3) is 3.18. The minimum absolute atomic E-state index is 0.118. The Kier molecular flexibility index (Phi) is 3.82. The highest BCUT2D eigenvalue weighted by Gasteiger charge is 2.15. The van der Waals surface area contributed by atoms with Gasteiger partial charge in [-0.3, -0.25) is 0 Å². The lowest BCUT2D eigenvalue weighted by atomic mass is 9.93. The van der Waals surface area contributed by atoms with E-state index in [4.69, 9.17) is 4.52 Å². The van der Waals surface area contributed by atoms with E-state index in [1.807, 2.05) is 6.07 Å². The van der Waals surface area contributed by atoms with Crippen LogP contribution >= 0.6 is 0 Å². The SMILES string of the molecule is CC(C)(C)c1ccon1.CN. The van der Waals surface area contributed by atoms with Gasteiger partial charge in [-0.1, -0.05) is 25.9 Å². The number of nitrogens with two attached hydrogens (primary N) is 1. The molecule has 0 aromatic carbocycles. The minimum atomic E-state index is 0.118. The van der Waals surface area contributed by atoms with E-state index in [0.29, 0.717) is 0 Å². The number of nitrogens with zero attached hydrogens (tertiary/aromatic N) is 1. The Bertz CT molecular complexity index is 174. The molecule has 1 rings (SSSR count). The first-order valence-electron chi connectivity index (χ1n) is 3.59. The van der Waals surface area contributed by atoms with Crippen molar-refractivity contribution in [3.8, 4) is 0 Å². The van der Waals surface area contributed by atoms with Crippen LogP contribution in [0, 0.1) is 0 Å². The van der Waals surface area contributed by atoms with E-state index in [0.717, 1.165) is 5.69 Å². The minimum Gasteiger partial charge on any atom is -0.364 e. The highest BCUT2D eigenvalue weighted by Crippen LogP contribution is 2.18. The van der Waals surface area contributed by atoms with Crippen LogP contribution in [0.25, 0.3) is 0 Å². The topological polar surface area (TPSA) is 52.0 Å². The predicted molar refractivity (Wildman–Crippen MR) is 45.3 cm³/mol. The summed E-state index contributed by atoms with van der Waals surface area (Å²) < 4.78 is 4.69. The molecule has 3 heteroatoms. The molecule has 0 spiro atoms.